The maximum absolute atomic E-state index is 2.51. The van der Waals surface area contributed by atoms with Gasteiger partial charge in [-0.1, -0.05) is 40.5 Å². The van der Waals surface area contributed by atoms with Gasteiger partial charge in [0, 0.05) is 0 Å². The number of nitrogens with zero attached hydrogens (tertiary/aromatic N) is 2. The molecule has 0 amide bonds. The highest BCUT2D eigenvalue weighted by Gasteiger charge is 2.09. The lowest BCUT2D eigenvalue weighted by Gasteiger charge is -2.21. The molecule has 0 saturated heterocycles. The standard InChI is InChI=1S/C18H40N2/c1-7-8-14-19(5)16-11-12-17-20(6)15-10-9-13-18(2,3)4/h7-17H2,1-6H3. The molecule has 2 nitrogen and oxygen atoms in total. The smallest absolute Gasteiger partial charge is 0.00213 e. The van der Waals surface area contributed by atoms with Crippen LogP contribution in [-0.2, 0) is 0 Å². The fraction of sp³-hybridized carbons (Fsp3) is 1.00. The van der Waals surface area contributed by atoms with Crippen molar-refractivity contribution < 1.29 is 0 Å². The Morgan fingerprint density at radius 3 is 1.45 bits per heavy atom. The lowest BCUT2D eigenvalue weighted by Crippen LogP contribution is -2.24. The van der Waals surface area contributed by atoms with E-state index in [1.807, 2.05) is 0 Å². The molecule has 0 fully saturated rings. The van der Waals surface area contributed by atoms with Crippen LogP contribution in [0.5, 0.6) is 0 Å². The first-order chi connectivity index (χ1) is 9.35. The van der Waals surface area contributed by atoms with E-state index in [4.69, 9.17) is 0 Å². The van der Waals surface area contributed by atoms with Crippen molar-refractivity contribution in [3.05, 3.63) is 0 Å². The maximum atomic E-state index is 2.51. The van der Waals surface area contributed by atoms with Gasteiger partial charge in [-0.2, -0.15) is 0 Å². The van der Waals surface area contributed by atoms with Crippen LogP contribution in [0.3, 0.4) is 0 Å². The molecule has 0 aliphatic heterocycles. The molecule has 0 aliphatic rings. The summed E-state index contributed by atoms with van der Waals surface area (Å²) in [6.07, 6.45) is 9.39. The van der Waals surface area contributed by atoms with Crippen LogP contribution in [0.2, 0.25) is 0 Å². The maximum Gasteiger partial charge on any atom is -0.00213 e. The van der Waals surface area contributed by atoms with Crippen molar-refractivity contribution in [3.63, 3.8) is 0 Å². The quantitative estimate of drug-likeness (QED) is 0.481. The summed E-state index contributed by atoms with van der Waals surface area (Å²) >= 11 is 0. The van der Waals surface area contributed by atoms with Crippen LogP contribution in [-0.4, -0.2) is 50.1 Å². The van der Waals surface area contributed by atoms with Gasteiger partial charge in [0.05, 0.1) is 0 Å². The van der Waals surface area contributed by atoms with Gasteiger partial charge in [-0.05, 0) is 77.8 Å². The lowest BCUT2D eigenvalue weighted by atomic mass is 9.90. The molecule has 0 spiro atoms. The van der Waals surface area contributed by atoms with Crippen LogP contribution in [0, 0.1) is 5.41 Å². The number of rotatable bonds is 12. The molecule has 0 rings (SSSR count). The molecule has 0 bridgehead atoms. The van der Waals surface area contributed by atoms with Crippen molar-refractivity contribution in [1.82, 2.24) is 9.80 Å². The molecule has 0 heterocycles. The third kappa shape index (κ3) is 14.3. The van der Waals surface area contributed by atoms with Gasteiger partial charge in [0.1, 0.15) is 0 Å². The van der Waals surface area contributed by atoms with E-state index in [0.29, 0.717) is 5.41 Å². The minimum absolute atomic E-state index is 0.502. The molecule has 0 unspecified atom stereocenters. The monoisotopic (exact) mass is 284 g/mol. The summed E-state index contributed by atoms with van der Waals surface area (Å²) < 4.78 is 0. The first-order valence-electron chi connectivity index (χ1n) is 8.72. The molecule has 0 N–H and O–H groups in total. The molecule has 0 saturated carbocycles. The van der Waals surface area contributed by atoms with Gasteiger partial charge in [0.2, 0.25) is 0 Å². The Morgan fingerprint density at radius 2 is 1.05 bits per heavy atom. The van der Waals surface area contributed by atoms with Crippen LogP contribution in [0.1, 0.15) is 72.6 Å². The molecular weight excluding hydrogens is 244 g/mol. The summed E-state index contributed by atoms with van der Waals surface area (Å²) in [5.74, 6) is 0. The molecule has 0 aromatic carbocycles. The summed E-state index contributed by atoms with van der Waals surface area (Å²) in [5, 5.41) is 0. The van der Waals surface area contributed by atoms with Gasteiger partial charge in [0.15, 0.2) is 0 Å². The zero-order chi connectivity index (χ0) is 15.4. The van der Waals surface area contributed by atoms with E-state index in [0.717, 1.165) is 0 Å². The molecule has 0 aromatic rings. The average molecular weight is 285 g/mol. The van der Waals surface area contributed by atoms with E-state index in [2.05, 4.69) is 51.6 Å². The predicted octanol–water partition coefficient (Wildman–Crippen LogP) is 4.65. The molecule has 0 aromatic heterocycles. The minimum Gasteiger partial charge on any atom is -0.306 e. The van der Waals surface area contributed by atoms with Gasteiger partial charge in [-0.3, -0.25) is 0 Å². The molecular formula is C18H40N2. The van der Waals surface area contributed by atoms with Crippen molar-refractivity contribution in [3.8, 4) is 0 Å². The second-order valence-corrected chi connectivity index (χ2v) is 7.68. The summed E-state index contributed by atoms with van der Waals surface area (Å²) in [7, 11) is 4.53. The summed E-state index contributed by atoms with van der Waals surface area (Å²) in [4.78, 5) is 4.99. The van der Waals surface area contributed by atoms with E-state index in [1.54, 1.807) is 0 Å². The topological polar surface area (TPSA) is 6.48 Å². The third-order valence-electron chi connectivity index (χ3n) is 3.94. The van der Waals surface area contributed by atoms with Crippen molar-refractivity contribution in [2.75, 3.05) is 40.3 Å². The van der Waals surface area contributed by atoms with E-state index >= 15 is 0 Å². The van der Waals surface area contributed by atoms with Gasteiger partial charge >= 0.3 is 0 Å². The third-order valence-corrected chi connectivity index (χ3v) is 3.94. The fourth-order valence-electron chi connectivity index (χ4n) is 2.45. The highest BCUT2D eigenvalue weighted by atomic mass is 15.1. The Balaban J connectivity index is 3.38. The summed E-state index contributed by atoms with van der Waals surface area (Å²) in [6.45, 7) is 14.3. The van der Waals surface area contributed by atoms with E-state index < -0.39 is 0 Å². The summed E-state index contributed by atoms with van der Waals surface area (Å²) in [5.41, 5.74) is 0.502. The molecule has 122 valence electrons. The van der Waals surface area contributed by atoms with Crippen molar-refractivity contribution in [2.24, 2.45) is 5.41 Å². The fourth-order valence-corrected chi connectivity index (χ4v) is 2.45. The van der Waals surface area contributed by atoms with Crippen LogP contribution >= 0.6 is 0 Å². The Hall–Kier alpha value is -0.0800. The van der Waals surface area contributed by atoms with Gasteiger partial charge in [0.25, 0.3) is 0 Å². The van der Waals surface area contributed by atoms with Gasteiger partial charge < -0.3 is 9.80 Å². The molecule has 0 aliphatic carbocycles. The zero-order valence-corrected chi connectivity index (χ0v) is 15.2. The average Bonchev–Trinajstić information content (AvgIpc) is 2.36. The normalized spacial score (nSPS) is 12.6. The second kappa shape index (κ2) is 11.6. The number of hydrogen-bond donors (Lipinski definition) is 0. The Bertz CT molecular complexity index is 208. The first kappa shape index (κ1) is 19.9. The SMILES string of the molecule is CCCCN(C)CCCCN(C)CCCCC(C)(C)C. The first-order valence-corrected chi connectivity index (χ1v) is 8.72. The molecule has 2 heteroatoms. The largest absolute Gasteiger partial charge is 0.306 e. The van der Waals surface area contributed by atoms with Crippen LogP contribution < -0.4 is 0 Å². The molecule has 0 atom stereocenters. The predicted molar refractivity (Wildman–Crippen MR) is 92.4 cm³/mol. The number of hydrogen-bond acceptors (Lipinski definition) is 2. The van der Waals surface area contributed by atoms with Crippen LogP contribution in [0.15, 0.2) is 0 Å². The molecule has 0 radical (unpaired) electrons. The van der Waals surface area contributed by atoms with Crippen LogP contribution in [0.25, 0.3) is 0 Å². The Kier molecular flexibility index (Phi) is 11.5. The zero-order valence-electron chi connectivity index (χ0n) is 15.2. The highest BCUT2D eigenvalue weighted by Crippen LogP contribution is 2.21. The number of unbranched alkanes of at least 4 members (excludes halogenated alkanes) is 3. The van der Waals surface area contributed by atoms with E-state index in [1.165, 1.54) is 71.1 Å². The van der Waals surface area contributed by atoms with E-state index in [-0.39, 0.29) is 0 Å². The highest BCUT2D eigenvalue weighted by molar-refractivity contribution is 4.62. The van der Waals surface area contributed by atoms with Crippen molar-refractivity contribution >= 4 is 0 Å². The summed E-state index contributed by atoms with van der Waals surface area (Å²) in [6, 6.07) is 0. The van der Waals surface area contributed by atoms with Crippen molar-refractivity contribution in [2.45, 2.75) is 72.6 Å². The molecule has 20 heavy (non-hydrogen) atoms. The van der Waals surface area contributed by atoms with E-state index in [9.17, 15) is 0 Å². The van der Waals surface area contributed by atoms with Gasteiger partial charge in [-0.25, -0.2) is 0 Å². The lowest BCUT2D eigenvalue weighted by molar-refractivity contribution is 0.279. The van der Waals surface area contributed by atoms with Crippen molar-refractivity contribution in [1.29, 1.82) is 0 Å². The van der Waals surface area contributed by atoms with Crippen LogP contribution in [0.4, 0.5) is 0 Å². The Morgan fingerprint density at radius 1 is 0.650 bits per heavy atom. The second-order valence-electron chi connectivity index (χ2n) is 7.68. The van der Waals surface area contributed by atoms with Gasteiger partial charge in [-0.15, -0.1) is 0 Å². The minimum atomic E-state index is 0.502. The Labute approximate surface area is 128 Å².